The highest BCUT2D eigenvalue weighted by atomic mass is 35.5. The van der Waals surface area contributed by atoms with Crippen molar-refractivity contribution in [2.24, 2.45) is 0 Å². The minimum atomic E-state index is 0.0707. The molecule has 2 N–H and O–H groups in total. The van der Waals surface area contributed by atoms with Crippen LogP contribution in [0.4, 0.5) is 17.6 Å². The van der Waals surface area contributed by atoms with Crippen molar-refractivity contribution in [2.75, 3.05) is 41.3 Å². The van der Waals surface area contributed by atoms with Crippen molar-refractivity contribution in [1.82, 2.24) is 15.3 Å². The third-order valence-electron chi connectivity index (χ3n) is 8.31. The molecule has 1 saturated carbocycles. The molecule has 2 saturated heterocycles. The van der Waals surface area contributed by atoms with E-state index in [-0.39, 0.29) is 5.41 Å². The van der Waals surface area contributed by atoms with Gasteiger partial charge in [0.15, 0.2) is 5.11 Å². The zero-order valence-corrected chi connectivity index (χ0v) is 23.0. The standard InChI is InChI=1S/C28H39ClN6S/c1-21-9-3-6-18-35(21)25-19-24(34-16-7-8-17-34)31-26(32-25)33-27(36)30-20-28(14-4-2-5-15-28)22-10-12-23(29)13-11-22/h10-13,19,21H,2-9,14-18,20H2,1H3,(H2,30,31,32,33,36)/t21-/m0/s1. The van der Waals surface area contributed by atoms with Gasteiger partial charge in [0.25, 0.3) is 0 Å². The summed E-state index contributed by atoms with van der Waals surface area (Å²) in [5.41, 5.74) is 1.41. The summed E-state index contributed by atoms with van der Waals surface area (Å²) in [6.45, 7) is 6.25. The van der Waals surface area contributed by atoms with Crippen LogP contribution in [0.25, 0.3) is 0 Å². The average Bonchev–Trinajstić information content (AvgIpc) is 3.44. The Hall–Kier alpha value is -2.12. The van der Waals surface area contributed by atoms with Crippen LogP contribution in [0.5, 0.6) is 0 Å². The molecule has 8 heteroatoms. The molecular weight excluding hydrogens is 488 g/mol. The molecule has 0 amide bonds. The van der Waals surface area contributed by atoms with E-state index in [0.29, 0.717) is 17.1 Å². The fraction of sp³-hybridized carbons (Fsp3) is 0.607. The van der Waals surface area contributed by atoms with Crippen molar-refractivity contribution >= 4 is 46.5 Å². The number of aromatic nitrogens is 2. The lowest BCUT2D eigenvalue weighted by atomic mass is 9.69. The van der Waals surface area contributed by atoms with Gasteiger partial charge < -0.3 is 20.4 Å². The number of rotatable bonds is 6. The second-order valence-corrected chi connectivity index (χ2v) is 11.6. The lowest BCUT2D eigenvalue weighted by Gasteiger charge is -2.38. The van der Waals surface area contributed by atoms with Crippen LogP contribution in [0.1, 0.15) is 76.7 Å². The van der Waals surface area contributed by atoms with Gasteiger partial charge in [-0.15, -0.1) is 0 Å². The molecule has 0 radical (unpaired) electrons. The van der Waals surface area contributed by atoms with Crippen LogP contribution in [0.3, 0.4) is 0 Å². The van der Waals surface area contributed by atoms with Crippen molar-refractivity contribution in [3.8, 4) is 0 Å². The smallest absolute Gasteiger partial charge is 0.232 e. The summed E-state index contributed by atoms with van der Waals surface area (Å²) in [6.07, 6.45) is 12.2. The Balaban J connectivity index is 1.32. The minimum absolute atomic E-state index is 0.0707. The van der Waals surface area contributed by atoms with Crippen LogP contribution < -0.4 is 20.4 Å². The van der Waals surface area contributed by atoms with E-state index in [1.807, 2.05) is 12.1 Å². The van der Waals surface area contributed by atoms with Crippen molar-refractivity contribution in [3.63, 3.8) is 0 Å². The van der Waals surface area contributed by atoms with Gasteiger partial charge in [0.1, 0.15) is 11.6 Å². The predicted molar refractivity (Wildman–Crippen MR) is 155 cm³/mol. The summed E-state index contributed by atoms with van der Waals surface area (Å²) in [4.78, 5) is 14.6. The Morgan fingerprint density at radius 2 is 1.67 bits per heavy atom. The number of anilines is 3. The monoisotopic (exact) mass is 526 g/mol. The van der Waals surface area contributed by atoms with E-state index in [0.717, 1.165) is 55.7 Å². The van der Waals surface area contributed by atoms with Gasteiger partial charge in [-0.2, -0.15) is 9.97 Å². The first kappa shape index (κ1) is 25.5. The summed E-state index contributed by atoms with van der Waals surface area (Å²) < 4.78 is 0. The maximum atomic E-state index is 6.18. The zero-order chi connectivity index (χ0) is 25.0. The lowest BCUT2D eigenvalue weighted by Crippen LogP contribution is -2.43. The van der Waals surface area contributed by atoms with Crippen LogP contribution >= 0.6 is 23.8 Å². The van der Waals surface area contributed by atoms with Crippen LogP contribution in [-0.4, -0.2) is 47.3 Å². The second-order valence-electron chi connectivity index (χ2n) is 10.8. The molecule has 2 aliphatic heterocycles. The Bertz CT molecular complexity index is 1030. The molecule has 5 rings (SSSR count). The summed E-state index contributed by atoms with van der Waals surface area (Å²) in [5.74, 6) is 2.61. The van der Waals surface area contributed by atoms with E-state index in [2.05, 4.69) is 45.6 Å². The minimum Gasteiger partial charge on any atom is -0.361 e. The molecule has 1 atom stereocenters. The normalized spacial score (nSPS) is 21.9. The maximum absolute atomic E-state index is 6.18. The van der Waals surface area contributed by atoms with E-state index in [4.69, 9.17) is 33.8 Å². The Morgan fingerprint density at radius 1 is 0.972 bits per heavy atom. The van der Waals surface area contributed by atoms with E-state index in [9.17, 15) is 0 Å². The average molecular weight is 527 g/mol. The first-order chi connectivity index (χ1) is 17.5. The first-order valence-electron chi connectivity index (χ1n) is 13.7. The fourth-order valence-corrected chi connectivity index (χ4v) is 6.46. The van der Waals surface area contributed by atoms with Gasteiger partial charge in [-0.1, -0.05) is 43.0 Å². The SMILES string of the molecule is C[C@H]1CCCCN1c1cc(N2CCCC2)nc(NC(=S)NCC2(c3ccc(Cl)cc3)CCCCC2)n1. The predicted octanol–water partition coefficient (Wildman–Crippen LogP) is 6.30. The van der Waals surface area contributed by atoms with Crippen molar-refractivity contribution < 1.29 is 0 Å². The third-order valence-corrected chi connectivity index (χ3v) is 8.80. The molecule has 1 aliphatic carbocycles. The third kappa shape index (κ3) is 5.88. The molecule has 0 unspecified atom stereocenters. The van der Waals surface area contributed by atoms with Gasteiger partial charge in [-0.05, 0) is 81.8 Å². The molecule has 194 valence electrons. The topological polar surface area (TPSA) is 56.3 Å². The summed E-state index contributed by atoms with van der Waals surface area (Å²) in [6, 6.07) is 11.0. The number of thiocarbonyl (C=S) groups is 1. The number of benzene rings is 1. The van der Waals surface area contributed by atoms with Gasteiger partial charge in [0.2, 0.25) is 5.95 Å². The first-order valence-corrected chi connectivity index (χ1v) is 14.5. The lowest BCUT2D eigenvalue weighted by molar-refractivity contribution is 0.292. The number of nitrogens with zero attached hydrogens (tertiary/aromatic N) is 4. The number of hydrogen-bond donors (Lipinski definition) is 2. The maximum Gasteiger partial charge on any atom is 0.232 e. The Labute approximate surface area is 226 Å². The number of nitrogens with one attached hydrogen (secondary N) is 2. The molecule has 3 aliphatic rings. The summed E-state index contributed by atoms with van der Waals surface area (Å²) in [5, 5.41) is 8.24. The quantitative estimate of drug-likeness (QED) is 0.428. The zero-order valence-electron chi connectivity index (χ0n) is 21.4. The highest BCUT2D eigenvalue weighted by Crippen LogP contribution is 2.39. The molecule has 1 aromatic carbocycles. The molecule has 0 spiro atoms. The van der Waals surface area contributed by atoms with Crippen LogP contribution in [0.15, 0.2) is 30.3 Å². The molecule has 3 heterocycles. The molecule has 1 aromatic heterocycles. The van der Waals surface area contributed by atoms with Crippen molar-refractivity contribution in [1.29, 1.82) is 0 Å². The van der Waals surface area contributed by atoms with Crippen molar-refractivity contribution in [2.45, 2.75) is 82.6 Å². The van der Waals surface area contributed by atoms with Gasteiger partial charge in [-0.25, -0.2) is 0 Å². The van der Waals surface area contributed by atoms with Crippen LogP contribution in [0.2, 0.25) is 5.02 Å². The number of hydrogen-bond acceptors (Lipinski definition) is 5. The van der Waals surface area contributed by atoms with E-state index in [1.54, 1.807) is 0 Å². The van der Waals surface area contributed by atoms with Gasteiger partial charge in [-0.3, -0.25) is 0 Å². The van der Waals surface area contributed by atoms with Crippen LogP contribution in [0, 0.1) is 0 Å². The largest absolute Gasteiger partial charge is 0.361 e. The van der Waals surface area contributed by atoms with E-state index >= 15 is 0 Å². The summed E-state index contributed by atoms with van der Waals surface area (Å²) in [7, 11) is 0. The van der Waals surface area contributed by atoms with E-state index < -0.39 is 0 Å². The molecule has 6 nitrogen and oxygen atoms in total. The van der Waals surface area contributed by atoms with E-state index in [1.165, 1.54) is 56.9 Å². The fourth-order valence-electron chi connectivity index (χ4n) is 6.17. The van der Waals surface area contributed by atoms with Gasteiger partial charge >= 0.3 is 0 Å². The highest BCUT2D eigenvalue weighted by Gasteiger charge is 2.34. The second kappa shape index (κ2) is 11.5. The molecule has 36 heavy (non-hydrogen) atoms. The van der Waals surface area contributed by atoms with Crippen LogP contribution in [-0.2, 0) is 5.41 Å². The molecule has 2 aromatic rings. The highest BCUT2D eigenvalue weighted by molar-refractivity contribution is 7.80. The van der Waals surface area contributed by atoms with Gasteiger partial charge in [0, 0.05) is 48.7 Å². The number of halogens is 1. The number of piperidine rings is 1. The molecule has 3 fully saturated rings. The molecular formula is C28H39ClN6S. The Kier molecular flexibility index (Phi) is 8.16. The van der Waals surface area contributed by atoms with Crippen molar-refractivity contribution in [3.05, 3.63) is 40.9 Å². The van der Waals surface area contributed by atoms with Gasteiger partial charge in [0.05, 0.1) is 0 Å². The molecule has 0 bridgehead atoms. The Morgan fingerprint density at radius 3 is 2.39 bits per heavy atom. The summed E-state index contributed by atoms with van der Waals surface area (Å²) >= 11 is 12.0.